The summed E-state index contributed by atoms with van der Waals surface area (Å²) in [4.78, 5) is 43.4. The van der Waals surface area contributed by atoms with Crippen LogP contribution >= 0.6 is 23.5 Å². The molecule has 17 heavy (non-hydrogen) atoms. The monoisotopic (exact) mass is 276 g/mol. The molecule has 0 saturated carbocycles. The van der Waals surface area contributed by atoms with Gasteiger partial charge in [0.15, 0.2) is 20.5 Å². The minimum Gasteiger partial charge on any atom is -0.287 e. The van der Waals surface area contributed by atoms with Gasteiger partial charge in [-0.25, -0.2) is 0 Å². The zero-order chi connectivity index (χ0) is 13.3. The summed E-state index contributed by atoms with van der Waals surface area (Å²) < 4.78 is 0. The molecule has 0 bridgehead atoms. The summed E-state index contributed by atoms with van der Waals surface area (Å²) in [6, 6.07) is 0. The first-order chi connectivity index (χ1) is 7.91. The SMILES string of the molecule is CC(=O)SC(=O)CCCCCC(=O)SC(C)=O. The summed E-state index contributed by atoms with van der Waals surface area (Å²) in [5, 5.41) is -0.630. The van der Waals surface area contributed by atoms with Crippen molar-refractivity contribution in [1.82, 2.24) is 0 Å². The van der Waals surface area contributed by atoms with Crippen LogP contribution in [0.2, 0.25) is 0 Å². The second kappa shape index (κ2) is 9.41. The molecule has 96 valence electrons. The van der Waals surface area contributed by atoms with Crippen molar-refractivity contribution in [3.05, 3.63) is 0 Å². The highest BCUT2D eigenvalue weighted by Crippen LogP contribution is 2.14. The number of rotatable bonds is 6. The van der Waals surface area contributed by atoms with Gasteiger partial charge in [-0.1, -0.05) is 6.42 Å². The van der Waals surface area contributed by atoms with Gasteiger partial charge in [-0.3, -0.25) is 19.2 Å². The van der Waals surface area contributed by atoms with Gasteiger partial charge in [0.2, 0.25) is 0 Å². The van der Waals surface area contributed by atoms with Gasteiger partial charge in [0, 0.05) is 26.7 Å². The van der Waals surface area contributed by atoms with Crippen LogP contribution in [0, 0.1) is 0 Å². The Kier molecular flexibility index (Phi) is 9.07. The lowest BCUT2D eigenvalue weighted by Gasteiger charge is -1.99. The second-order valence-electron chi connectivity index (χ2n) is 3.49. The van der Waals surface area contributed by atoms with Crippen molar-refractivity contribution in [2.75, 3.05) is 0 Å². The fraction of sp³-hybridized carbons (Fsp3) is 0.636. The minimum absolute atomic E-state index is 0.123. The zero-order valence-electron chi connectivity index (χ0n) is 9.99. The Morgan fingerprint density at radius 1 is 0.706 bits per heavy atom. The van der Waals surface area contributed by atoms with Crippen molar-refractivity contribution < 1.29 is 19.2 Å². The Morgan fingerprint density at radius 2 is 1.06 bits per heavy atom. The fourth-order valence-corrected chi connectivity index (χ4v) is 2.27. The standard InChI is InChI=1S/C11H16O4S2/c1-8(12)16-10(14)6-4-3-5-7-11(15)17-9(2)13/h3-7H2,1-2H3. The molecule has 0 spiro atoms. The molecule has 4 nitrogen and oxygen atoms in total. The van der Waals surface area contributed by atoms with E-state index in [-0.39, 0.29) is 20.5 Å². The van der Waals surface area contributed by atoms with E-state index in [4.69, 9.17) is 0 Å². The normalized spacial score (nSPS) is 10.0. The molecule has 0 aromatic rings. The molecule has 0 atom stereocenters. The van der Waals surface area contributed by atoms with Gasteiger partial charge in [0.25, 0.3) is 0 Å². The van der Waals surface area contributed by atoms with Gasteiger partial charge in [-0.05, 0) is 36.4 Å². The number of thioether (sulfide) groups is 2. The Bertz CT molecular complexity index is 283. The van der Waals surface area contributed by atoms with Crippen LogP contribution in [0.5, 0.6) is 0 Å². The molecule has 0 N–H and O–H groups in total. The number of carbonyl (C=O) groups excluding carboxylic acids is 4. The maximum absolute atomic E-state index is 11.1. The summed E-state index contributed by atoms with van der Waals surface area (Å²) in [5.74, 6) is 0. The molecule has 0 unspecified atom stereocenters. The smallest absolute Gasteiger partial charge is 0.196 e. The van der Waals surface area contributed by atoms with Crippen LogP contribution in [0.15, 0.2) is 0 Å². The Labute approximate surface area is 109 Å². The highest BCUT2D eigenvalue weighted by atomic mass is 32.2. The van der Waals surface area contributed by atoms with Crippen LogP contribution in [0.1, 0.15) is 46.0 Å². The summed E-state index contributed by atoms with van der Waals surface area (Å²) >= 11 is 1.47. The van der Waals surface area contributed by atoms with E-state index < -0.39 is 0 Å². The van der Waals surface area contributed by atoms with Crippen molar-refractivity contribution >= 4 is 44.0 Å². The molecular formula is C11H16O4S2. The lowest BCUT2D eigenvalue weighted by molar-refractivity contribution is -0.113. The average Bonchev–Trinajstić information content (AvgIpc) is 2.14. The first kappa shape index (κ1) is 16.4. The maximum atomic E-state index is 11.1. The largest absolute Gasteiger partial charge is 0.287 e. The molecule has 0 saturated heterocycles. The van der Waals surface area contributed by atoms with Gasteiger partial charge in [0.1, 0.15) is 0 Å². The molecule has 0 aliphatic heterocycles. The van der Waals surface area contributed by atoms with Crippen LogP contribution in [-0.2, 0) is 19.2 Å². The van der Waals surface area contributed by atoms with Crippen molar-refractivity contribution in [2.24, 2.45) is 0 Å². The van der Waals surface area contributed by atoms with E-state index in [1.165, 1.54) is 13.8 Å². The number of carbonyl (C=O) groups is 4. The Hall–Kier alpha value is -0.620. The molecule has 0 aromatic heterocycles. The van der Waals surface area contributed by atoms with Gasteiger partial charge >= 0.3 is 0 Å². The van der Waals surface area contributed by atoms with E-state index in [1.54, 1.807) is 0 Å². The number of hydrogen-bond acceptors (Lipinski definition) is 6. The molecule has 0 radical (unpaired) electrons. The molecule has 0 amide bonds. The molecule has 0 aliphatic carbocycles. The predicted molar refractivity (Wildman–Crippen MR) is 69.6 cm³/mol. The Balaban J connectivity index is 3.46. The van der Waals surface area contributed by atoms with E-state index in [9.17, 15) is 19.2 Å². The summed E-state index contributed by atoms with van der Waals surface area (Å²) in [6.07, 6.45) is 2.83. The number of unbranched alkanes of at least 4 members (excludes halogenated alkanes) is 2. The lowest BCUT2D eigenvalue weighted by Crippen LogP contribution is -1.97. The molecule has 0 aliphatic rings. The molecule has 0 heterocycles. The lowest BCUT2D eigenvalue weighted by atomic mass is 10.2. The van der Waals surface area contributed by atoms with E-state index in [2.05, 4.69) is 0 Å². The quantitative estimate of drug-likeness (QED) is 0.694. The third-order valence-corrected chi connectivity index (χ3v) is 3.22. The van der Waals surface area contributed by atoms with E-state index >= 15 is 0 Å². The molecule has 0 rings (SSSR count). The summed E-state index contributed by atoms with van der Waals surface area (Å²) in [5.41, 5.74) is 0. The average molecular weight is 276 g/mol. The zero-order valence-corrected chi connectivity index (χ0v) is 11.6. The fourth-order valence-electron chi connectivity index (χ4n) is 1.14. The van der Waals surface area contributed by atoms with Gasteiger partial charge in [-0.15, -0.1) is 0 Å². The van der Waals surface area contributed by atoms with Crippen molar-refractivity contribution in [2.45, 2.75) is 46.0 Å². The van der Waals surface area contributed by atoms with E-state index in [1.807, 2.05) is 0 Å². The highest BCUT2D eigenvalue weighted by molar-refractivity contribution is 8.26. The Morgan fingerprint density at radius 3 is 1.35 bits per heavy atom. The minimum atomic E-state index is -0.192. The molecule has 0 aromatic carbocycles. The van der Waals surface area contributed by atoms with Gasteiger partial charge in [0.05, 0.1) is 0 Å². The first-order valence-corrected chi connectivity index (χ1v) is 6.97. The van der Waals surface area contributed by atoms with Crippen LogP contribution < -0.4 is 0 Å². The van der Waals surface area contributed by atoms with Crippen LogP contribution in [-0.4, -0.2) is 20.5 Å². The first-order valence-electron chi connectivity index (χ1n) is 5.34. The number of hydrogen-bond donors (Lipinski definition) is 0. The molecule has 0 fully saturated rings. The summed E-state index contributed by atoms with van der Waals surface area (Å²) in [6.45, 7) is 2.72. The molecular weight excluding hydrogens is 260 g/mol. The topological polar surface area (TPSA) is 68.3 Å². The summed E-state index contributed by atoms with van der Waals surface area (Å²) in [7, 11) is 0. The van der Waals surface area contributed by atoms with Gasteiger partial charge in [-0.2, -0.15) is 0 Å². The predicted octanol–water partition coefficient (Wildman–Crippen LogP) is 2.55. The maximum Gasteiger partial charge on any atom is 0.196 e. The van der Waals surface area contributed by atoms with Crippen LogP contribution in [0.3, 0.4) is 0 Å². The third kappa shape index (κ3) is 11.6. The van der Waals surface area contributed by atoms with Crippen LogP contribution in [0.25, 0.3) is 0 Å². The third-order valence-electron chi connectivity index (χ3n) is 1.78. The van der Waals surface area contributed by atoms with Crippen molar-refractivity contribution in [1.29, 1.82) is 0 Å². The molecule has 6 heteroatoms. The highest BCUT2D eigenvalue weighted by Gasteiger charge is 2.08. The van der Waals surface area contributed by atoms with Crippen molar-refractivity contribution in [3.8, 4) is 0 Å². The van der Waals surface area contributed by atoms with Crippen molar-refractivity contribution in [3.63, 3.8) is 0 Å². The van der Waals surface area contributed by atoms with E-state index in [0.29, 0.717) is 25.7 Å². The van der Waals surface area contributed by atoms with E-state index in [0.717, 1.165) is 29.9 Å². The second-order valence-corrected chi connectivity index (χ2v) is 5.96. The van der Waals surface area contributed by atoms with Crippen LogP contribution in [0.4, 0.5) is 0 Å². The van der Waals surface area contributed by atoms with Gasteiger partial charge < -0.3 is 0 Å².